The fraction of sp³-hybridized carbons (Fsp3) is 0.190. The second-order valence-corrected chi connectivity index (χ2v) is 6.85. The molecule has 0 aliphatic rings. The Morgan fingerprint density at radius 2 is 1.96 bits per heavy atom. The summed E-state index contributed by atoms with van der Waals surface area (Å²) in [4.78, 5) is 32.1. The molecule has 0 N–H and O–H groups in total. The quantitative estimate of drug-likeness (QED) is 0.501. The van der Waals surface area contributed by atoms with E-state index in [0.717, 1.165) is 28.1 Å². The van der Waals surface area contributed by atoms with E-state index in [4.69, 9.17) is 4.98 Å². The highest BCUT2D eigenvalue weighted by molar-refractivity contribution is 5.98. The van der Waals surface area contributed by atoms with Crippen molar-refractivity contribution in [2.45, 2.75) is 6.42 Å². The lowest BCUT2D eigenvalue weighted by Crippen LogP contribution is -2.12. The average Bonchev–Trinajstić information content (AvgIpc) is 3.13. The van der Waals surface area contributed by atoms with Crippen LogP contribution in [0.1, 0.15) is 16.1 Å². The van der Waals surface area contributed by atoms with Gasteiger partial charge in [-0.1, -0.05) is 0 Å². The monoisotopic (exact) mass is 372 g/mol. The summed E-state index contributed by atoms with van der Waals surface area (Å²) in [7, 11) is 5.72. The van der Waals surface area contributed by atoms with Crippen LogP contribution in [0, 0.1) is 0 Å². The van der Waals surface area contributed by atoms with Crippen molar-refractivity contribution in [3.05, 3.63) is 66.5 Å². The summed E-state index contributed by atoms with van der Waals surface area (Å²) in [5.41, 5.74) is 3.89. The number of aromatic nitrogens is 5. The van der Waals surface area contributed by atoms with Crippen molar-refractivity contribution < 1.29 is 4.79 Å². The minimum absolute atomic E-state index is 0.000129. The number of carbonyl (C=O) groups excluding carboxylic acids is 1. The van der Waals surface area contributed by atoms with Gasteiger partial charge in [0.25, 0.3) is 0 Å². The second kappa shape index (κ2) is 7.19. The molecule has 0 bridgehead atoms. The van der Waals surface area contributed by atoms with Crippen LogP contribution >= 0.6 is 0 Å². The van der Waals surface area contributed by atoms with Crippen LogP contribution in [0.25, 0.3) is 22.3 Å². The third-order valence-electron chi connectivity index (χ3n) is 4.58. The number of carbonyl (C=O) groups is 1. The Morgan fingerprint density at radius 1 is 1.11 bits per heavy atom. The number of pyridine rings is 3. The molecule has 28 heavy (non-hydrogen) atoms. The number of Topliss-reactive ketones (excluding diaryl/α,β-unsaturated/α-hetero) is 1. The normalized spacial score (nSPS) is 11.0. The lowest BCUT2D eigenvalue weighted by molar-refractivity contribution is 0.0992. The molecule has 4 aromatic heterocycles. The van der Waals surface area contributed by atoms with Gasteiger partial charge < -0.3 is 9.47 Å². The van der Waals surface area contributed by atoms with Gasteiger partial charge in [-0.05, 0) is 30.3 Å². The van der Waals surface area contributed by atoms with E-state index in [2.05, 4.69) is 15.0 Å². The van der Waals surface area contributed by atoms with Crippen LogP contribution < -0.4 is 4.90 Å². The van der Waals surface area contributed by atoms with E-state index < -0.39 is 0 Å². The Morgan fingerprint density at radius 3 is 2.71 bits per heavy atom. The first-order valence-corrected chi connectivity index (χ1v) is 8.90. The number of fused-ring (bicyclic) bond motifs is 1. The third-order valence-corrected chi connectivity index (χ3v) is 4.58. The second-order valence-electron chi connectivity index (χ2n) is 6.85. The van der Waals surface area contributed by atoms with Crippen molar-refractivity contribution in [2.24, 2.45) is 7.05 Å². The van der Waals surface area contributed by atoms with Gasteiger partial charge in [-0.2, -0.15) is 0 Å². The van der Waals surface area contributed by atoms with Gasteiger partial charge in [0.05, 0.1) is 41.5 Å². The Balaban J connectivity index is 1.63. The summed E-state index contributed by atoms with van der Waals surface area (Å²) in [5, 5.41) is 0.931. The summed E-state index contributed by atoms with van der Waals surface area (Å²) in [6, 6.07) is 9.33. The molecule has 0 amide bonds. The molecule has 0 unspecified atom stereocenters. The van der Waals surface area contributed by atoms with E-state index in [0.29, 0.717) is 11.3 Å². The predicted molar refractivity (Wildman–Crippen MR) is 108 cm³/mol. The fourth-order valence-electron chi connectivity index (χ4n) is 3.00. The number of imidazole rings is 1. The topological polar surface area (TPSA) is 76.8 Å². The molecule has 0 saturated carbocycles. The zero-order chi connectivity index (χ0) is 19.7. The molecule has 0 fully saturated rings. The number of hydrogen-bond donors (Lipinski definition) is 0. The number of hydrogen-bond acceptors (Lipinski definition) is 6. The Labute approximate surface area is 162 Å². The van der Waals surface area contributed by atoms with Gasteiger partial charge in [0.15, 0.2) is 5.78 Å². The molecular formula is C21H20N6O. The van der Waals surface area contributed by atoms with Crippen LogP contribution in [-0.4, -0.2) is 44.4 Å². The molecule has 0 aliphatic heterocycles. The molecule has 4 heterocycles. The molecule has 0 radical (unpaired) electrons. The zero-order valence-corrected chi connectivity index (χ0v) is 16.0. The van der Waals surface area contributed by atoms with Gasteiger partial charge in [-0.3, -0.25) is 9.78 Å². The average molecular weight is 372 g/mol. The lowest BCUT2D eigenvalue weighted by atomic mass is 10.1. The Kier molecular flexibility index (Phi) is 4.57. The molecule has 0 saturated heterocycles. The van der Waals surface area contributed by atoms with E-state index in [1.807, 2.05) is 48.8 Å². The van der Waals surface area contributed by atoms with Crippen LogP contribution in [0.2, 0.25) is 0 Å². The van der Waals surface area contributed by atoms with Crippen LogP contribution in [-0.2, 0) is 13.5 Å². The molecule has 7 heteroatoms. The predicted octanol–water partition coefficient (Wildman–Crippen LogP) is 2.92. The molecule has 0 aromatic carbocycles. The van der Waals surface area contributed by atoms with Crippen LogP contribution in [0.5, 0.6) is 0 Å². The summed E-state index contributed by atoms with van der Waals surface area (Å²) < 4.78 is 1.92. The van der Waals surface area contributed by atoms with E-state index in [-0.39, 0.29) is 12.2 Å². The Bertz CT molecular complexity index is 1160. The van der Waals surface area contributed by atoms with E-state index in [1.54, 1.807) is 37.1 Å². The summed E-state index contributed by atoms with van der Waals surface area (Å²) >= 11 is 0. The third kappa shape index (κ3) is 3.46. The maximum absolute atomic E-state index is 12.7. The number of aryl methyl sites for hydroxylation is 1. The number of anilines is 1. The molecule has 0 spiro atoms. The van der Waals surface area contributed by atoms with Crippen molar-refractivity contribution in [3.8, 4) is 11.4 Å². The van der Waals surface area contributed by atoms with Crippen LogP contribution in [0.3, 0.4) is 0 Å². The van der Waals surface area contributed by atoms with Crippen molar-refractivity contribution in [2.75, 3.05) is 19.0 Å². The largest absolute Gasteiger partial charge is 0.363 e. The number of ketones is 1. The summed E-state index contributed by atoms with van der Waals surface area (Å²) in [5.74, 6) is 0.750. The van der Waals surface area contributed by atoms with Crippen LogP contribution in [0.15, 0.2) is 55.2 Å². The summed E-state index contributed by atoms with van der Waals surface area (Å²) in [6.07, 6.45) is 7.15. The first-order chi connectivity index (χ1) is 13.5. The van der Waals surface area contributed by atoms with Crippen molar-refractivity contribution >= 4 is 22.5 Å². The van der Waals surface area contributed by atoms with E-state index in [9.17, 15) is 4.79 Å². The molecule has 7 nitrogen and oxygen atoms in total. The zero-order valence-electron chi connectivity index (χ0n) is 16.0. The smallest absolute Gasteiger partial charge is 0.169 e. The standard InChI is InChI=1S/C21H20N6O/c1-26(2)21-8-14(6-7-23-21)20(28)10-16-9-18-15(11-24-16)4-5-17(25-18)19-12-22-13-27(19)3/h4-9,11-13H,10H2,1-3H3. The minimum Gasteiger partial charge on any atom is -0.363 e. The van der Waals surface area contributed by atoms with Crippen molar-refractivity contribution in [1.82, 2.24) is 24.5 Å². The highest BCUT2D eigenvalue weighted by Crippen LogP contribution is 2.21. The van der Waals surface area contributed by atoms with E-state index in [1.165, 1.54) is 0 Å². The minimum atomic E-state index is 0.000129. The lowest BCUT2D eigenvalue weighted by Gasteiger charge is -2.11. The molecule has 140 valence electrons. The molecule has 0 aliphatic carbocycles. The van der Waals surface area contributed by atoms with Crippen molar-refractivity contribution in [3.63, 3.8) is 0 Å². The van der Waals surface area contributed by atoms with Gasteiger partial charge in [0.2, 0.25) is 0 Å². The maximum atomic E-state index is 12.7. The Hall–Kier alpha value is -3.61. The molecule has 4 rings (SSSR count). The van der Waals surface area contributed by atoms with E-state index >= 15 is 0 Å². The first kappa shape index (κ1) is 17.8. The summed E-state index contributed by atoms with van der Waals surface area (Å²) in [6.45, 7) is 0. The highest BCUT2D eigenvalue weighted by Gasteiger charge is 2.12. The molecule has 4 aromatic rings. The molecule has 0 atom stereocenters. The maximum Gasteiger partial charge on any atom is 0.169 e. The number of rotatable bonds is 5. The molecular weight excluding hydrogens is 352 g/mol. The van der Waals surface area contributed by atoms with Gasteiger partial charge in [0.1, 0.15) is 5.82 Å². The SMILES string of the molecule is CN(C)c1cc(C(=O)Cc2cc3nc(-c4cncn4C)ccc3cn2)ccn1. The highest BCUT2D eigenvalue weighted by atomic mass is 16.1. The number of nitrogens with zero attached hydrogens (tertiary/aromatic N) is 6. The van der Waals surface area contributed by atoms with Gasteiger partial charge >= 0.3 is 0 Å². The first-order valence-electron chi connectivity index (χ1n) is 8.90. The van der Waals surface area contributed by atoms with Gasteiger partial charge in [0, 0.05) is 44.5 Å². The van der Waals surface area contributed by atoms with Gasteiger partial charge in [-0.25, -0.2) is 15.0 Å². The van der Waals surface area contributed by atoms with Crippen molar-refractivity contribution in [1.29, 1.82) is 0 Å². The van der Waals surface area contributed by atoms with Crippen LogP contribution in [0.4, 0.5) is 5.82 Å². The van der Waals surface area contributed by atoms with Gasteiger partial charge in [-0.15, -0.1) is 0 Å². The fourth-order valence-corrected chi connectivity index (χ4v) is 3.00.